The Morgan fingerprint density at radius 3 is 2.81 bits per heavy atom. The Balaban J connectivity index is 1.47. The third-order valence-corrected chi connectivity index (χ3v) is 5.73. The lowest BCUT2D eigenvalue weighted by molar-refractivity contribution is -0.121. The van der Waals surface area contributed by atoms with Gasteiger partial charge in [-0.25, -0.2) is 9.69 Å². The van der Waals surface area contributed by atoms with Gasteiger partial charge in [0.1, 0.15) is 5.25 Å². The zero-order chi connectivity index (χ0) is 22.7. The molecule has 1 aliphatic heterocycles. The van der Waals surface area contributed by atoms with Crippen LogP contribution in [0.2, 0.25) is 0 Å². The van der Waals surface area contributed by atoms with E-state index in [1.54, 1.807) is 18.5 Å². The van der Waals surface area contributed by atoms with Crippen molar-refractivity contribution in [2.24, 2.45) is 15.9 Å². The standard InChI is InChI=1S/C22H17N5O4S/c23-22(26-25-12-14-8-9-24-17-7-2-1-6-16(14)17)32-18-11-19(28)27(20(18)29)15-5-3-4-13(10-15)21(30)31/h1-10,12,18H,11H2,(H2,23,26)(H,30,31)/b25-12-/t18-/m0/s1. The van der Waals surface area contributed by atoms with Crippen LogP contribution in [0.5, 0.6) is 0 Å². The van der Waals surface area contributed by atoms with E-state index in [4.69, 9.17) is 10.8 Å². The van der Waals surface area contributed by atoms with Crippen molar-refractivity contribution < 1.29 is 19.5 Å². The van der Waals surface area contributed by atoms with Gasteiger partial charge in [0.15, 0.2) is 5.17 Å². The summed E-state index contributed by atoms with van der Waals surface area (Å²) < 4.78 is 0. The van der Waals surface area contributed by atoms with E-state index in [1.165, 1.54) is 24.3 Å². The van der Waals surface area contributed by atoms with Gasteiger partial charge in [0.25, 0.3) is 0 Å². The molecule has 0 unspecified atom stereocenters. The second kappa shape index (κ2) is 8.98. The van der Waals surface area contributed by atoms with Gasteiger partial charge >= 0.3 is 5.97 Å². The minimum Gasteiger partial charge on any atom is -0.478 e. The Labute approximate surface area is 186 Å². The van der Waals surface area contributed by atoms with E-state index in [0.717, 1.165) is 33.1 Å². The summed E-state index contributed by atoms with van der Waals surface area (Å²) in [5.74, 6) is -2.06. The first-order chi connectivity index (χ1) is 15.4. The predicted octanol–water partition coefficient (Wildman–Crippen LogP) is 2.65. The molecule has 0 radical (unpaired) electrons. The van der Waals surface area contributed by atoms with Crippen molar-refractivity contribution in [3.8, 4) is 0 Å². The van der Waals surface area contributed by atoms with E-state index in [9.17, 15) is 14.4 Å². The highest BCUT2D eigenvalue weighted by Crippen LogP contribution is 2.30. The fraction of sp³-hybridized carbons (Fsp3) is 0.0909. The summed E-state index contributed by atoms with van der Waals surface area (Å²) in [6.07, 6.45) is 3.14. The number of pyridine rings is 1. The number of amidine groups is 1. The number of hydrogen-bond acceptors (Lipinski definition) is 7. The SMILES string of the molecule is NC(=N/N=C\c1ccnc2ccccc12)S[C@H]1CC(=O)N(c2cccc(C(=O)O)c2)C1=O. The summed E-state index contributed by atoms with van der Waals surface area (Å²) in [7, 11) is 0. The molecular formula is C22H17N5O4S. The second-order valence-corrected chi connectivity index (χ2v) is 8.06. The summed E-state index contributed by atoms with van der Waals surface area (Å²) in [5, 5.41) is 17.2. The third kappa shape index (κ3) is 4.35. The van der Waals surface area contributed by atoms with Gasteiger partial charge in [0.05, 0.1) is 23.0 Å². The molecule has 160 valence electrons. The number of para-hydroxylation sites is 1. The second-order valence-electron chi connectivity index (χ2n) is 6.83. The van der Waals surface area contributed by atoms with Crippen LogP contribution in [-0.4, -0.2) is 44.5 Å². The van der Waals surface area contributed by atoms with E-state index in [2.05, 4.69) is 15.2 Å². The molecule has 4 rings (SSSR count). The Morgan fingerprint density at radius 2 is 2.00 bits per heavy atom. The lowest BCUT2D eigenvalue weighted by Crippen LogP contribution is -2.32. The van der Waals surface area contributed by atoms with Gasteiger partial charge in [0.2, 0.25) is 11.8 Å². The fourth-order valence-corrected chi connectivity index (χ4v) is 4.11. The van der Waals surface area contributed by atoms with Gasteiger partial charge in [-0.3, -0.25) is 14.6 Å². The molecule has 3 N–H and O–H groups in total. The van der Waals surface area contributed by atoms with Gasteiger partial charge in [-0.05, 0) is 30.3 Å². The van der Waals surface area contributed by atoms with E-state index in [1.807, 2.05) is 24.3 Å². The molecule has 2 heterocycles. The normalized spacial score (nSPS) is 16.9. The average Bonchev–Trinajstić information content (AvgIpc) is 3.06. The maximum absolute atomic E-state index is 12.8. The van der Waals surface area contributed by atoms with Gasteiger partial charge < -0.3 is 10.8 Å². The fourth-order valence-electron chi connectivity index (χ4n) is 3.29. The molecule has 0 saturated carbocycles. The number of aromatic carboxylic acids is 1. The highest BCUT2D eigenvalue weighted by molar-refractivity contribution is 8.14. The number of carboxylic acids is 1. The third-order valence-electron chi connectivity index (χ3n) is 4.76. The maximum atomic E-state index is 12.8. The first-order valence-electron chi connectivity index (χ1n) is 9.51. The number of anilines is 1. The van der Waals surface area contributed by atoms with E-state index >= 15 is 0 Å². The van der Waals surface area contributed by atoms with Crippen molar-refractivity contribution in [3.05, 3.63) is 71.9 Å². The monoisotopic (exact) mass is 447 g/mol. The molecule has 1 aliphatic rings. The number of imide groups is 1. The molecule has 2 aromatic carbocycles. The zero-order valence-electron chi connectivity index (χ0n) is 16.6. The summed E-state index contributed by atoms with van der Waals surface area (Å²) in [4.78, 5) is 41.6. The number of carbonyl (C=O) groups excluding carboxylic acids is 2. The number of rotatable bonds is 5. The number of carboxylic acid groups (broad SMARTS) is 1. The molecule has 0 aliphatic carbocycles. The molecule has 0 spiro atoms. The van der Waals surface area contributed by atoms with Gasteiger partial charge in [-0.2, -0.15) is 5.10 Å². The van der Waals surface area contributed by atoms with Crippen LogP contribution in [0.15, 0.2) is 71.0 Å². The molecule has 10 heteroatoms. The van der Waals surface area contributed by atoms with Crippen molar-refractivity contribution in [1.29, 1.82) is 0 Å². The van der Waals surface area contributed by atoms with Crippen LogP contribution in [0.1, 0.15) is 22.3 Å². The molecule has 1 fully saturated rings. The Kier molecular flexibility index (Phi) is 5.95. The number of carbonyl (C=O) groups is 3. The Morgan fingerprint density at radius 1 is 1.19 bits per heavy atom. The first-order valence-corrected chi connectivity index (χ1v) is 10.4. The largest absolute Gasteiger partial charge is 0.478 e. The van der Waals surface area contributed by atoms with Gasteiger partial charge in [0, 0.05) is 23.6 Å². The highest BCUT2D eigenvalue weighted by Gasteiger charge is 2.40. The number of nitrogens with two attached hydrogens (primary N) is 1. The molecule has 0 bridgehead atoms. The molecule has 1 atom stereocenters. The summed E-state index contributed by atoms with van der Waals surface area (Å²) in [6, 6.07) is 15.1. The minimum absolute atomic E-state index is 0.0155. The number of hydrogen-bond donors (Lipinski definition) is 2. The quantitative estimate of drug-likeness (QED) is 0.265. The molecular weight excluding hydrogens is 430 g/mol. The van der Waals surface area contributed by atoms with Crippen molar-refractivity contribution in [2.75, 3.05) is 4.90 Å². The summed E-state index contributed by atoms with van der Waals surface area (Å²) >= 11 is 0.940. The van der Waals surface area contributed by atoms with E-state index in [-0.39, 0.29) is 22.8 Å². The van der Waals surface area contributed by atoms with Crippen molar-refractivity contribution in [3.63, 3.8) is 0 Å². The van der Waals surface area contributed by atoms with Crippen LogP contribution < -0.4 is 10.6 Å². The van der Waals surface area contributed by atoms with Gasteiger partial charge in [-0.15, -0.1) is 5.10 Å². The zero-order valence-corrected chi connectivity index (χ0v) is 17.4. The topological polar surface area (TPSA) is 138 Å². The lowest BCUT2D eigenvalue weighted by Gasteiger charge is -2.15. The number of fused-ring (bicyclic) bond motifs is 1. The molecule has 1 saturated heterocycles. The smallest absolute Gasteiger partial charge is 0.335 e. The number of nitrogens with zero attached hydrogens (tertiary/aromatic N) is 4. The summed E-state index contributed by atoms with van der Waals surface area (Å²) in [6.45, 7) is 0. The van der Waals surface area contributed by atoms with Crippen LogP contribution in [-0.2, 0) is 9.59 Å². The highest BCUT2D eigenvalue weighted by atomic mass is 32.2. The molecule has 3 aromatic rings. The maximum Gasteiger partial charge on any atom is 0.335 e. The van der Waals surface area contributed by atoms with Crippen LogP contribution in [0.3, 0.4) is 0 Å². The number of benzene rings is 2. The Hall–Kier alpha value is -4.05. The van der Waals surface area contributed by atoms with Crippen LogP contribution in [0.4, 0.5) is 5.69 Å². The number of thioether (sulfide) groups is 1. The summed E-state index contributed by atoms with van der Waals surface area (Å²) in [5.41, 5.74) is 7.74. The van der Waals surface area contributed by atoms with Crippen molar-refractivity contribution >= 4 is 57.5 Å². The molecule has 1 aromatic heterocycles. The first kappa shape index (κ1) is 21.2. The molecule has 32 heavy (non-hydrogen) atoms. The lowest BCUT2D eigenvalue weighted by atomic mass is 10.1. The predicted molar refractivity (Wildman–Crippen MR) is 123 cm³/mol. The van der Waals surface area contributed by atoms with Crippen LogP contribution >= 0.6 is 11.8 Å². The molecule has 2 amide bonds. The number of aromatic nitrogens is 1. The van der Waals surface area contributed by atoms with Crippen LogP contribution in [0.25, 0.3) is 10.9 Å². The Bertz CT molecular complexity index is 1280. The van der Waals surface area contributed by atoms with E-state index < -0.39 is 23.0 Å². The van der Waals surface area contributed by atoms with Gasteiger partial charge in [-0.1, -0.05) is 36.0 Å². The molecule has 9 nitrogen and oxygen atoms in total. The van der Waals surface area contributed by atoms with E-state index in [0.29, 0.717) is 0 Å². The minimum atomic E-state index is -1.15. The average molecular weight is 447 g/mol. The number of amides is 2. The van der Waals surface area contributed by atoms with Crippen molar-refractivity contribution in [1.82, 2.24) is 4.98 Å². The van der Waals surface area contributed by atoms with Crippen LogP contribution in [0, 0.1) is 0 Å². The van der Waals surface area contributed by atoms with Crippen molar-refractivity contribution in [2.45, 2.75) is 11.7 Å².